The van der Waals surface area contributed by atoms with Crippen molar-refractivity contribution < 1.29 is 9.59 Å². The van der Waals surface area contributed by atoms with Crippen LogP contribution in [0.4, 0.5) is 9.59 Å². The Morgan fingerprint density at radius 1 is 0.707 bits per heavy atom. The standard InChI is InChI=1S/C43H31N11O2S2/c1-22-35(40-50-33(20-57-40)25-6-4-24(18-44)5-7-25)37(52-42(55)48-22)30-12-13-46-32-17-26(10-11-29(30)32)31-16-27(8-9-28(31)19-45)34-21-58-41(51-34)36-23(2)49-43(56)53-38(36)39-47-14-15-54(39)3/h4-17,20-21,35-38H,1-3H3,(H,52,55)(H,53,56). The van der Waals surface area contributed by atoms with E-state index in [1.165, 1.54) is 22.7 Å². The number of carbonyl (C=O) groups excluding carboxylic acids is 2. The zero-order valence-electron chi connectivity index (χ0n) is 31.2. The smallest absolute Gasteiger partial charge is 0.336 e. The summed E-state index contributed by atoms with van der Waals surface area (Å²) in [5.74, 6) is 0.0728. The highest BCUT2D eigenvalue weighted by Gasteiger charge is 2.38. The van der Waals surface area contributed by atoms with E-state index in [0.29, 0.717) is 33.9 Å². The van der Waals surface area contributed by atoms with Gasteiger partial charge in [0.05, 0.1) is 58.0 Å². The molecule has 13 nitrogen and oxygen atoms in total. The minimum atomic E-state index is -0.471. The van der Waals surface area contributed by atoms with Gasteiger partial charge in [-0.05, 0) is 61.4 Å². The van der Waals surface area contributed by atoms with E-state index in [4.69, 9.17) is 15.0 Å². The number of hydrogen-bond acceptors (Lipinski definition) is 10. The van der Waals surface area contributed by atoms with E-state index in [2.05, 4.69) is 37.7 Å². The topological polar surface area (TPSA) is 187 Å². The van der Waals surface area contributed by atoms with Gasteiger partial charge >= 0.3 is 12.1 Å². The zero-order chi connectivity index (χ0) is 40.1. The molecule has 4 unspecified atom stereocenters. The summed E-state index contributed by atoms with van der Waals surface area (Å²) in [6, 6.07) is 23.5. The molecule has 2 N–H and O–H groups in total. The average molecular weight is 798 g/mol. The third kappa shape index (κ3) is 6.52. The fourth-order valence-corrected chi connectivity index (χ4v) is 9.77. The Balaban J connectivity index is 1.05. The summed E-state index contributed by atoms with van der Waals surface area (Å²) < 4.78 is 1.88. The van der Waals surface area contributed by atoms with Gasteiger partial charge in [-0.1, -0.05) is 30.3 Å². The molecule has 6 heterocycles. The van der Waals surface area contributed by atoms with Gasteiger partial charge in [0.2, 0.25) is 0 Å². The number of imidazole rings is 1. The van der Waals surface area contributed by atoms with E-state index >= 15 is 0 Å². The Hall–Kier alpha value is -7.20. The molecule has 2 aliphatic rings. The number of aliphatic imine (C=N–C) groups is 2. The highest BCUT2D eigenvalue weighted by Crippen LogP contribution is 2.42. The van der Waals surface area contributed by atoms with Crippen molar-refractivity contribution in [3.63, 3.8) is 0 Å². The highest BCUT2D eigenvalue weighted by atomic mass is 32.1. The molecule has 4 atom stereocenters. The van der Waals surface area contributed by atoms with Crippen LogP contribution in [0.3, 0.4) is 0 Å². The van der Waals surface area contributed by atoms with Crippen LogP contribution in [0.2, 0.25) is 0 Å². The lowest BCUT2D eigenvalue weighted by Gasteiger charge is -2.30. The van der Waals surface area contributed by atoms with Gasteiger partial charge in [0.25, 0.3) is 0 Å². The van der Waals surface area contributed by atoms with Crippen molar-refractivity contribution in [2.24, 2.45) is 17.0 Å². The van der Waals surface area contributed by atoms with Crippen molar-refractivity contribution in [2.45, 2.75) is 37.8 Å². The number of nitrogens with zero attached hydrogens (tertiary/aromatic N) is 9. The second kappa shape index (κ2) is 14.7. The fourth-order valence-electron chi connectivity index (χ4n) is 7.72. The maximum Gasteiger partial charge on any atom is 0.341 e. The number of urea groups is 2. The van der Waals surface area contributed by atoms with Gasteiger partial charge in [-0.2, -0.15) is 10.5 Å². The van der Waals surface area contributed by atoms with Crippen molar-refractivity contribution in [1.29, 1.82) is 10.5 Å². The maximum absolute atomic E-state index is 12.9. The summed E-state index contributed by atoms with van der Waals surface area (Å²) in [4.78, 5) is 53.1. The number of nitriles is 2. The van der Waals surface area contributed by atoms with Crippen LogP contribution in [0, 0.1) is 22.7 Å². The fraction of sp³-hybridized carbons (Fsp3) is 0.163. The van der Waals surface area contributed by atoms with Crippen molar-refractivity contribution in [3.05, 3.63) is 129 Å². The quantitative estimate of drug-likeness (QED) is 0.160. The summed E-state index contributed by atoms with van der Waals surface area (Å²) in [5.41, 5.74) is 8.69. The van der Waals surface area contributed by atoms with Crippen LogP contribution in [0.25, 0.3) is 44.5 Å². The molecule has 2 aliphatic heterocycles. The van der Waals surface area contributed by atoms with Crippen LogP contribution in [-0.2, 0) is 7.05 Å². The Labute approximate surface area is 340 Å². The third-order valence-electron chi connectivity index (χ3n) is 10.6. The number of amides is 4. The normalized spacial score (nSPS) is 19.1. The maximum atomic E-state index is 12.9. The van der Waals surface area contributed by atoms with Crippen LogP contribution in [0.1, 0.15) is 70.3 Å². The predicted octanol–water partition coefficient (Wildman–Crippen LogP) is 8.64. The van der Waals surface area contributed by atoms with Gasteiger partial charge in [0, 0.05) is 69.9 Å². The summed E-state index contributed by atoms with van der Waals surface area (Å²) in [5, 5.41) is 31.9. The first-order chi connectivity index (χ1) is 28.2. The van der Waals surface area contributed by atoms with E-state index in [1.54, 1.807) is 30.6 Å². The van der Waals surface area contributed by atoms with Gasteiger partial charge in [0.15, 0.2) is 0 Å². The molecule has 9 rings (SSSR count). The molecule has 0 bridgehead atoms. The van der Waals surface area contributed by atoms with Gasteiger partial charge < -0.3 is 15.2 Å². The molecule has 0 fully saturated rings. The second-order valence-electron chi connectivity index (χ2n) is 14.0. The lowest BCUT2D eigenvalue weighted by molar-refractivity contribution is 0.241. The lowest BCUT2D eigenvalue weighted by atomic mass is 9.86. The van der Waals surface area contributed by atoms with Gasteiger partial charge in [-0.25, -0.2) is 34.5 Å². The predicted molar refractivity (Wildman–Crippen MR) is 223 cm³/mol. The number of thiazole rings is 2. The number of fused-ring (bicyclic) bond motifs is 1. The monoisotopic (exact) mass is 797 g/mol. The van der Waals surface area contributed by atoms with Gasteiger partial charge in [-0.3, -0.25) is 4.98 Å². The molecular formula is C43H31N11O2S2. The molecule has 3 aromatic carbocycles. The number of nitrogens with one attached hydrogen (secondary N) is 2. The molecule has 0 radical (unpaired) electrons. The molecule has 7 aromatic rings. The molecule has 4 amide bonds. The van der Waals surface area contributed by atoms with E-state index in [0.717, 1.165) is 54.6 Å². The van der Waals surface area contributed by atoms with E-state index in [1.807, 2.05) is 91.0 Å². The highest BCUT2D eigenvalue weighted by molar-refractivity contribution is 7.10. The molecule has 0 aliphatic carbocycles. The van der Waals surface area contributed by atoms with E-state index < -0.39 is 24.1 Å². The Kier molecular flexibility index (Phi) is 9.24. The summed E-state index contributed by atoms with van der Waals surface area (Å²) in [6.45, 7) is 3.69. The largest absolute Gasteiger partial charge is 0.341 e. The number of carbonyl (C=O) groups is 2. The third-order valence-corrected chi connectivity index (χ3v) is 12.4. The van der Waals surface area contributed by atoms with Gasteiger partial charge in [0.1, 0.15) is 21.9 Å². The molecule has 4 aromatic heterocycles. The molecule has 282 valence electrons. The van der Waals surface area contributed by atoms with Crippen molar-refractivity contribution in [3.8, 4) is 45.8 Å². The summed E-state index contributed by atoms with van der Waals surface area (Å²) in [7, 11) is 1.89. The molecular weight excluding hydrogens is 767 g/mol. The first kappa shape index (κ1) is 36.4. The van der Waals surface area contributed by atoms with Crippen molar-refractivity contribution in [2.75, 3.05) is 0 Å². The Morgan fingerprint density at radius 3 is 2.00 bits per heavy atom. The number of benzene rings is 3. The molecule has 0 spiro atoms. The summed E-state index contributed by atoms with van der Waals surface area (Å²) in [6.07, 6.45) is 5.27. The van der Waals surface area contributed by atoms with Crippen LogP contribution < -0.4 is 10.6 Å². The van der Waals surface area contributed by atoms with E-state index in [9.17, 15) is 20.1 Å². The van der Waals surface area contributed by atoms with Crippen LogP contribution in [-0.4, -0.2) is 48.0 Å². The van der Waals surface area contributed by atoms with Crippen molar-refractivity contribution >= 4 is 57.1 Å². The number of hydrogen-bond donors (Lipinski definition) is 2. The lowest BCUT2D eigenvalue weighted by Crippen LogP contribution is -2.39. The van der Waals surface area contributed by atoms with Crippen LogP contribution in [0.5, 0.6) is 0 Å². The van der Waals surface area contributed by atoms with Crippen molar-refractivity contribution in [1.82, 2.24) is 35.1 Å². The zero-order valence-corrected chi connectivity index (χ0v) is 32.8. The minimum absolute atomic E-state index is 0.306. The SMILES string of the molecule is CC1=NC(=O)NC(c2ccnc3cc(-c4cc(-c5csc(C6C(C)=NC(=O)NC6c6nccn6C)n5)ccc4C#N)ccc23)C1c1nc(-c2ccc(C#N)cc2)cs1. The van der Waals surface area contributed by atoms with Gasteiger partial charge in [-0.15, -0.1) is 22.7 Å². The average Bonchev–Trinajstić information content (AvgIpc) is 4.02. The molecule has 0 saturated heterocycles. The van der Waals surface area contributed by atoms with E-state index in [-0.39, 0.29) is 11.8 Å². The Morgan fingerprint density at radius 2 is 1.34 bits per heavy atom. The van der Waals surface area contributed by atoms with Crippen LogP contribution in [0.15, 0.2) is 106 Å². The first-order valence-corrected chi connectivity index (χ1v) is 20.0. The molecule has 0 saturated carbocycles. The Bertz CT molecular complexity index is 2950. The molecule has 15 heteroatoms. The second-order valence-corrected chi connectivity index (χ2v) is 15.8. The number of aromatic nitrogens is 5. The number of rotatable bonds is 7. The first-order valence-electron chi connectivity index (χ1n) is 18.2. The molecule has 58 heavy (non-hydrogen) atoms. The number of pyridine rings is 1. The number of aryl methyl sites for hydroxylation is 1. The van der Waals surface area contributed by atoms with Crippen LogP contribution >= 0.6 is 22.7 Å². The summed E-state index contributed by atoms with van der Waals surface area (Å²) >= 11 is 2.98. The minimum Gasteiger partial charge on any atom is -0.336 e.